The van der Waals surface area contributed by atoms with E-state index in [1.807, 2.05) is 37.3 Å². The van der Waals surface area contributed by atoms with E-state index in [1.54, 1.807) is 51.1 Å². The van der Waals surface area contributed by atoms with Crippen LogP contribution in [0.5, 0.6) is 0 Å². The van der Waals surface area contributed by atoms with Gasteiger partial charge in [-0.1, -0.05) is 94.8 Å². The molecule has 1 aliphatic heterocycles. The minimum atomic E-state index is -1.80. The maximum absolute atomic E-state index is 13.9. The summed E-state index contributed by atoms with van der Waals surface area (Å²) in [5.74, 6) is -4.54. The molecular formula is C38H54N6O8. The van der Waals surface area contributed by atoms with Gasteiger partial charge in [-0.3, -0.25) is 28.8 Å². The molecule has 0 spiro atoms. The maximum Gasteiger partial charge on any atom is 0.254 e. The lowest BCUT2D eigenvalue weighted by Crippen LogP contribution is -2.60. The Bertz CT molecular complexity index is 1510. The number of aryl methyl sites for hydroxylation is 1. The van der Waals surface area contributed by atoms with Crippen LogP contribution in [0.2, 0.25) is 0 Å². The van der Waals surface area contributed by atoms with Gasteiger partial charge in [0.15, 0.2) is 6.10 Å². The summed E-state index contributed by atoms with van der Waals surface area (Å²) >= 11 is 0. The molecule has 2 aromatic carbocycles. The Morgan fingerprint density at radius 3 is 2.02 bits per heavy atom. The van der Waals surface area contributed by atoms with Gasteiger partial charge in [-0.25, -0.2) is 0 Å². The highest BCUT2D eigenvalue weighted by atomic mass is 16.3. The van der Waals surface area contributed by atoms with Crippen LogP contribution in [-0.2, 0) is 41.6 Å². The molecule has 0 radical (unpaired) electrons. The average Bonchev–Trinajstić information content (AvgIpc) is 3.63. The molecule has 0 unspecified atom stereocenters. The third kappa shape index (κ3) is 11.9. The molecule has 3 rings (SSSR count). The number of hydrogen-bond donors (Lipinski definition) is 7. The van der Waals surface area contributed by atoms with Crippen molar-refractivity contribution in [2.24, 2.45) is 17.6 Å². The molecule has 8 N–H and O–H groups in total. The summed E-state index contributed by atoms with van der Waals surface area (Å²) in [4.78, 5) is 80.2. The number of amides is 6. The predicted molar refractivity (Wildman–Crippen MR) is 194 cm³/mol. The molecule has 1 heterocycles. The molecule has 6 amide bonds. The fraction of sp³-hybridized carbons (Fsp3) is 0.526. The van der Waals surface area contributed by atoms with E-state index >= 15 is 0 Å². The lowest BCUT2D eigenvalue weighted by Gasteiger charge is -2.32. The fourth-order valence-electron chi connectivity index (χ4n) is 6.16. The fourth-order valence-corrected chi connectivity index (χ4v) is 6.16. The normalized spacial score (nSPS) is 17.6. The Labute approximate surface area is 305 Å². The van der Waals surface area contributed by atoms with Crippen molar-refractivity contribution in [3.63, 3.8) is 0 Å². The summed E-state index contributed by atoms with van der Waals surface area (Å²) in [6.45, 7) is 6.53. The zero-order valence-electron chi connectivity index (χ0n) is 30.4. The van der Waals surface area contributed by atoms with Crippen LogP contribution in [0.1, 0.15) is 64.5 Å². The minimum absolute atomic E-state index is 0.0252. The molecule has 14 nitrogen and oxygen atoms in total. The van der Waals surface area contributed by atoms with Gasteiger partial charge in [0.25, 0.3) is 5.91 Å². The molecule has 0 aliphatic carbocycles. The standard InChI is InChI=1S/C38H54N6O8/c1-5-24(4)32(37(51)42-31(23(2)3)34(39)48)43-36(50)29-17-12-20-44(29)38(52)33(47)27(21-26-15-10-7-11-16-26)41-35(49)28(22-45)40-30(46)19-18-25-13-8-6-9-14-25/h6-11,13-16,23-24,27-29,31-33,45,47H,5,12,17-22H2,1-4H3,(H2,39,48)(H,40,46)(H,41,49)(H,42,51)(H,43,50)/t24-,27-,28-,29-,31-,32-,33+/m0/s1. The van der Waals surface area contributed by atoms with Gasteiger partial charge in [-0.05, 0) is 48.6 Å². The number of carbonyl (C=O) groups is 6. The number of nitrogens with zero attached hydrogens (tertiary/aromatic N) is 1. The molecule has 1 saturated heterocycles. The summed E-state index contributed by atoms with van der Waals surface area (Å²) in [5.41, 5.74) is 7.12. The summed E-state index contributed by atoms with van der Waals surface area (Å²) in [6, 6.07) is 12.7. The molecule has 0 bridgehead atoms. The summed E-state index contributed by atoms with van der Waals surface area (Å²) in [7, 11) is 0. The molecule has 0 saturated carbocycles. The summed E-state index contributed by atoms with van der Waals surface area (Å²) in [5, 5.41) is 32.1. The van der Waals surface area contributed by atoms with E-state index in [-0.39, 0.29) is 37.6 Å². The molecule has 1 aliphatic rings. The second-order valence-corrected chi connectivity index (χ2v) is 13.7. The van der Waals surface area contributed by atoms with E-state index < -0.39 is 78.4 Å². The zero-order chi connectivity index (χ0) is 38.4. The van der Waals surface area contributed by atoms with Gasteiger partial charge in [0.05, 0.1) is 12.6 Å². The van der Waals surface area contributed by atoms with Gasteiger partial charge in [0.1, 0.15) is 24.2 Å². The van der Waals surface area contributed by atoms with Crippen LogP contribution in [0.15, 0.2) is 60.7 Å². The van der Waals surface area contributed by atoms with E-state index in [0.29, 0.717) is 24.8 Å². The molecule has 0 aromatic heterocycles. The van der Waals surface area contributed by atoms with Crippen LogP contribution in [-0.4, -0.2) is 100 Å². The summed E-state index contributed by atoms with van der Waals surface area (Å²) in [6.07, 6.45) is -0.0355. The number of nitrogens with one attached hydrogen (secondary N) is 4. The number of nitrogens with two attached hydrogens (primary N) is 1. The predicted octanol–water partition coefficient (Wildman–Crippen LogP) is 0.333. The maximum atomic E-state index is 13.9. The van der Waals surface area contributed by atoms with Crippen molar-refractivity contribution >= 4 is 35.4 Å². The number of benzene rings is 2. The first-order valence-electron chi connectivity index (χ1n) is 17.9. The van der Waals surface area contributed by atoms with Gasteiger partial charge in [0.2, 0.25) is 29.5 Å². The van der Waals surface area contributed by atoms with Crippen molar-refractivity contribution in [2.75, 3.05) is 13.2 Å². The van der Waals surface area contributed by atoms with Crippen molar-refractivity contribution in [3.05, 3.63) is 71.8 Å². The Kier molecular flexibility index (Phi) is 16.2. The molecule has 14 heteroatoms. The number of hydrogen-bond acceptors (Lipinski definition) is 8. The van der Waals surface area contributed by atoms with Gasteiger partial charge < -0.3 is 42.1 Å². The topological polar surface area (TPSA) is 220 Å². The Morgan fingerprint density at radius 1 is 0.846 bits per heavy atom. The van der Waals surface area contributed by atoms with Crippen LogP contribution >= 0.6 is 0 Å². The van der Waals surface area contributed by atoms with Crippen molar-refractivity contribution in [2.45, 2.75) is 103 Å². The highest BCUT2D eigenvalue weighted by Gasteiger charge is 2.41. The van der Waals surface area contributed by atoms with Crippen LogP contribution in [0.4, 0.5) is 0 Å². The molecule has 2 aromatic rings. The largest absolute Gasteiger partial charge is 0.394 e. The first kappa shape index (κ1) is 41.6. The number of aliphatic hydroxyl groups excluding tert-OH is 2. The second kappa shape index (κ2) is 20.3. The Hall–Kier alpha value is -4.82. The van der Waals surface area contributed by atoms with Crippen molar-refractivity contribution in [3.8, 4) is 0 Å². The molecule has 52 heavy (non-hydrogen) atoms. The molecule has 7 atom stereocenters. The zero-order valence-corrected chi connectivity index (χ0v) is 30.4. The first-order chi connectivity index (χ1) is 24.8. The first-order valence-corrected chi connectivity index (χ1v) is 17.9. The lowest BCUT2D eigenvalue weighted by atomic mass is 9.96. The van der Waals surface area contributed by atoms with Crippen molar-refractivity contribution < 1.29 is 39.0 Å². The highest BCUT2D eigenvalue weighted by Crippen LogP contribution is 2.21. The molecule has 1 fully saturated rings. The average molecular weight is 723 g/mol. The van der Waals surface area contributed by atoms with Crippen LogP contribution in [0.25, 0.3) is 0 Å². The van der Waals surface area contributed by atoms with E-state index in [1.165, 1.54) is 4.90 Å². The second-order valence-electron chi connectivity index (χ2n) is 13.7. The van der Waals surface area contributed by atoms with Gasteiger partial charge in [-0.2, -0.15) is 0 Å². The van der Waals surface area contributed by atoms with Crippen molar-refractivity contribution in [1.82, 2.24) is 26.2 Å². The van der Waals surface area contributed by atoms with Crippen LogP contribution < -0.4 is 27.0 Å². The number of likely N-dealkylation sites (tertiary alicyclic amines) is 1. The van der Waals surface area contributed by atoms with Crippen LogP contribution in [0.3, 0.4) is 0 Å². The molecular weight excluding hydrogens is 668 g/mol. The van der Waals surface area contributed by atoms with E-state index in [0.717, 1.165) is 5.56 Å². The quantitative estimate of drug-likeness (QED) is 0.107. The van der Waals surface area contributed by atoms with Gasteiger partial charge >= 0.3 is 0 Å². The Morgan fingerprint density at radius 2 is 1.46 bits per heavy atom. The van der Waals surface area contributed by atoms with Crippen molar-refractivity contribution in [1.29, 1.82) is 0 Å². The summed E-state index contributed by atoms with van der Waals surface area (Å²) < 4.78 is 0. The van der Waals surface area contributed by atoms with Crippen LogP contribution in [0, 0.1) is 11.8 Å². The third-order valence-electron chi connectivity index (χ3n) is 9.48. The monoisotopic (exact) mass is 722 g/mol. The smallest absolute Gasteiger partial charge is 0.254 e. The minimum Gasteiger partial charge on any atom is -0.394 e. The lowest BCUT2D eigenvalue weighted by molar-refractivity contribution is -0.147. The number of rotatable bonds is 19. The van der Waals surface area contributed by atoms with E-state index in [2.05, 4.69) is 21.3 Å². The van der Waals surface area contributed by atoms with E-state index in [4.69, 9.17) is 5.73 Å². The van der Waals surface area contributed by atoms with Gasteiger partial charge in [-0.15, -0.1) is 0 Å². The SMILES string of the molecule is CC[C@H](C)[C@H](NC(=O)[C@@H]1CCCN1C(=O)[C@H](O)[C@H](Cc1ccccc1)NC(=O)[C@H](CO)NC(=O)CCc1ccccc1)C(=O)N[C@H](C(N)=O)C(C)C. The highest BCUT2D eigenvalue weighted by molar-refractivity contribution is 5.95. The third-order valence-corrected chi connectivity index (χ3v) is 9.48. The molecule has 284 valence electrons. The van der Waals surface area contributed by atoms with Gasteiger partial charge in [0, 0.05) is 13.0 Å². The number of aliphatic hydroxyl groups is 2. The Balaban J connectivity index is 1.75. The number of primary amides is 1. The van der Waals surface area contributed by atoms with E-state index in [9.17, 15) is 39.0 Å². The number of carbonyl (C=O) groups excluding carboxylic acids is 6.